The predicted octanol–water partition coefficient (Wildman–Crippen LogP) is 2.29. The average Bonchev–Trinajstić information content (AvgIpc) is 2.39. The first-order valence-corrected chi connectivity index (χ1v) is 5.99. The van der Waals surface area contributed by atoms with Crippen LogP contribution in [0.4, 0.5) is 0 Å². The molecule has 0 aliphatic rings. The molecule has 5 heteroatoms. The summed E-state index contributed by atoms with van der Waals surface area (Å²) in [6.45, 7) is 1.83. The van der Waals surface area contributed by atoms with Crippen LogP contribution in [0, 0.1) is 6.92 Å². The lowest BCUT2D eigenvalue weighted by Crippen LogP contribution is -2.17. The normalized spacial score (nSPS) is 10.4. The Morgan fingerprint density at radius 2 is 2.17 bits per heavy atom. The maximum atomic E-state index is 11.6. The molecule has 0 unspecified atom stereocenters. The minimum Gasteiger partial charge on any atom is -0.497 e. The lowest BCUT2D eigenvalue weighted by atomic mass is 10.2. The zero-order valence-corrected chi connectivity index (χ0v) is 10.9. The number of halogens is 1. The molecule has 0 aliphatic heterocycles. The number of ether oxygens (including phenoxy) is 1. The fourth-order valence-corrected chi connectivity index (χ4v) is 1.86. The van der Waals surface area contributed by atoms with Gasteiger partial charge in [0.1, 0.15) is 11.4 Å². The first kappa shape index (κ1) is 12.6. The van der Waals surface area contributed by atoms with Crippen LogP contribution >= 0.6 is 11.6 Å². The molecule has 0 bridgehead atoms. The third-order valence-electron chi connectivity index (χ3n) is 2.60. The van der Waals surface area contributed by atoms with E-state index in [0.29, 0.717) is 5.69 Å². The molecule has 18 heavy (non-hydrogen) atoms. The fraction of sp³-hybridized carbons (Fsp3) is 0.231. The molecule has 0 radical (unpaired) electrons. The first-order valence-electron chi connectivity index (χ1n) is 5.46. The van der Waals surface area contributed by atoms with Crippen molar-refractivity contribution < 1.29 is 4.74 Å². The number of methoxy groups -OCH3 is 1. The number of benzene rings is 1. The maximum absolute atomic E-state index is 11.6. The van der Waals surface area contributed by atoms with E-state index in [0.717, 1.165) is 17.1 Å². The van der Waals surface area contributed by atoms with E-state index in [-0.39, 0.29) is 11.3 Å². The second-order valence-corrected chi connectivity index (χ2v) is 4.11. The highest BCUT2D eigenvalue weighted by atomic mass is 35.5. The molecule has 0 fully saturated rings. The third-order valence-corrected chi connectivity index (χ3v) is 2.86. The topological polar surface area (TPSA) is 44.1 Å². The summed E-state index contributed by atoms with van der Waals surface area (Å²) in [6.07, 6.45) is 0. The predicted molar refractivity (Wildman–Crippen MR) is 70.7 cm³/mol. The Morgan fingerprint density at radius 1 is 1.39 bits per heavy atom. The highest BCUT2D eigenvalue weighted by molar-refractivity contribution is 6.16. The van der Waals surface area contributed by atoms with Crippen LogP contribution in [0.1, 0.15) is 11.4 Å². The standard InChI is InChI=1S/C13H13ClN2O2/c1-9-6-13(17)12(8-14)15-16(9)10-4-3-5-11(7-10)18-2/h3-7H,8H2,1-2H3. The SMILES string of the molecule is COc1cccc(-n2nc(CCl)c(=O)cc2C)c1. The average molecular weight is 265 g/mol. The molecule has 1 heterocycles. The molecule has 94 valence electrons. The number of rotatable bonds is 3. The minimum atomic E-state index is -0.137. The van der Waals surface area contributed by atoms with Crippen LogP contribution in [0.3, 0.4) is 0 Å². The summed E-state index contributed by atoms with van der Waals surface area (Å²) < 4.78 is 6.85. The van der Waals surface area contributed by atoms with Crippen LogP contribution in [0.2, 0.25) is 0 Å². The van der Waals surface area contributed by atoms with Gasteiger partial charge < -0.3 is 4.74 Å². The number of aromatic nitrogens is 2. The smallest absolute Gasteiger partial charge is 0.204 e. The highest BCUT2D eigenvalue weighted by Crippen LogP contribution is 2.16. The summed E-state index contributed by atoms with van der Waals surface area (Å²) in [6, 6.07) is 9.00. The highest BCUT2D eigenvalue weighted by Gasteiger charge is 2.07. The van der Waals surface area contributed by atoms with Crippen molar-refractivity contribution in [3.63, 3.8) is 0 Å². The van der Waals surface area contributed by atoms with Gasteiger partial charge in [0.25, 0.3) is 0 Å². The maximum Gasteiger partial charge on any atom is 0.204 e. The van der Waals surface area contributed by atoms with Crippen LogP contribution < -0.4 is 10.2 Å². The summed E-state index contributed by atoms with van der Waals surface area (Å²) in [5.41, 5.74) is 1.78. The summed E-state index contributed by atoms with van der Waals surface area (Å²) in [7, 11) is 1.61. The second kappa shape index (κ2) is 5.23. The number of hydrogen-bond acceptors (Lipinski definition) is 3. The van der Waals surface area contributed by atoms with Gasteiger partial charge in [-0.1, -0.05) is 6.07 Å². The molecule has 1 aromatic carbocycles. The van der Waals surface area contributed by atoms with Crippen molar-refractivity contribution in [3.8, 4) is 11.4 Å². The lowest BCUT2D eigenvalue weighted by molar-refractivity contribution is 0.414. The van der Waals surface area contributed by atoms with E-state index < -0.39 is 0 Å². The Bertz CT molecular complexity index is 623. The largest absolute Gasteiger partial charge is 0.497 e. The van der Waals surface area contributed by atoms with E-state index in [1.54, 1.807) is 11.8 Å². The molecule has 0 aliphatic carbocycles. The Hall–Kier alpha value is -1.81. The van der Waals surface area contributed by atoms with Crippen LogP contribution in [-0.2, 0) is 5.88 Å². The molecule has 2 rings (SSSR count). The fourth-order valence-electron chi connectivity index (χ4n) is 1.68. The van der Waals surface area contributed by atoms with Gasteiger partial charge in [-0.3, -0.25) is 4.79 Å². The Kier molecular flexibility index (Phi) is 3.67. The van der Waals surface area contributed by atoms with Gasteiger partial charge in [-0.15, -0.1) is 11.6 Å². The van der Waals surface area contributed by atoms with Crippen molar-refractivity contribution in [3.05, 3.63) is 51.9 Å². The van der Waals surface area contributed by atoms with E-state index in [4.69, 9.17) is 16.3 Å². The summed E-state index contributed by atoms with van der Waals surface area (Å²) in [4.78, 5) is 11.6. The molecule has 0 amide bonds. The number of hydrogen-bond donors (Lipinski definition) is 0. The molecular weight excluding hydrogens is 252 g/mol. The monoisotopic (exact) mass is 264 g/mol. The van der Waals surface area contributed by atoms with E-state index in [2.05, 4.69) is 5.10 Å². The van der Waals surface area contributed by atoms with Gasteiger partial charge in [0.2, 0.25) is 5.43 Å². The minimum absolute atomic E-state index is 0.100. The molecule has 0 N–H and O–H groups in total. The van der Waals surface area contributed by atoms with Crippen molar-refractivity contribution in [2.45, 2.75) is 12.8 Å². The zero-order valence-electron chi connectivity index (χ0n) is 10.2. The molecule has 0 spiro atoms. The Labute approximate surface area is 110 Å². The molecular formula is C13H13ClN2O2. The van der Waals surface area contributed by atoms with E-state index in [1.165, 1.54) is 6.07 Å². The van der Waals surface area contributed by atoms with Gasteiger partial charge in [0.05, 0.1) is 18.7 Å². The van der Waals surface area contributed by atoms with Crippen LogP contribution in [0.25, 0.3) is 5.69 Å². The van der Waals surface area contributed by atoms with Crippen molar-refractivity contribution in [2.24, 2.45) is 0 Å². The first-order chi connectivity index (χ1) is 8.65. The molecule has 1 aromatic heterocycles. The zero-order chi connectivity index (χ0) is 13.1. The van der Waals surface area contributed by atoms with Crippen molar-refractivity contribution in [1.29, 1.82) is 0 Å². The number of alkyl halides is 1. The molecule has 0 atom stereocenters. The molecule has 2 aromatic rings. The van der Waals surface area contributed by atoms with Gasteiger partial charge in [-0.2, -0.15) is 5.10 Å². The summed E-state index contributed by atoms with van der Waals surface area (Å²) in [5, 5.41) is 4.25. The van der Waals surface area contributed by atoms with E-state index >= 15 is 0 Å². The molecule has 4 nitrogen and oxygen atoms in total. The van der Waals surface area contributed by atoms with Crippen LogP contribution in [-0.4, -0.2) is 16.9 Å². The van der Waals surface area contributed by atoms with Crippen LogP contribution in [0.5, 0.6) is 5.75 Å². The molecule has 0 saturated carbocycles. The Balaban J connectivity index is 2.59. The van der Waals surface area contributed by atoms with Crippen molar-refractivity contribution in [2.75, 3.05) is 7.11 Å². The Morgan fingerprint density at radius 3 is 2.83 bits per heavy atom. The summed E-state index contributed by atoms with van der Waals surface area (Å²) >= 11 is 5.70. The number of aryl methyl sites for hydroxylation is 1. The van der Waals surface area contributed by atoms with Gasteiger partial charge in [-0.25, -0.2) is 4.68 Å². The summed E-state index contributed by atoms with van der Waals surface area (Å²) in [5.74, 6) is 0.836. The third kappa shape index (κ3) is 2.38. The van der Waals surface area contributed by atoms with E-state index in [9.17, 15) is 4.79 Å². The van der Waals surface area contributed by atoms with Crippen molar-refractivity contribution in [1.82, 2.24) is 9.78 Å². The van der Waals surface area contributed by atoms with Gasteiger partial charge >= 0.3 is 0 Å². The lowest BCUT2D eigenvalue weighted by Gasteiger charge is -2.11. The quantitative estimate of drug-likeness (QED) is 0.799. The van der Waals surface area contributed by atoms with Crippen molar-refractivity contribution >= 4 is 11.6 Å². The second-order valence-electron chi connectivity index (χ2n) is 3.84. The van der Waals surface area contributed by atoms with Gasteiger partial charge in [-0.05, 0) is 19.1 Å². The van der Waals surface area contributed by atoms with Gasteiger partial charge in [0.15, 0.2) is 0 Å². The molecule has 0 saturated heterocycles. The number of nitrogens with zero attached hydrogens (tertiary/aromatic N) is 2. The van der Waals surface area contributed by atoms with Crippen LogP contribution in [0.15, 0.2) is 35.1 Å². The van der Waals surface area contributed by atoms with E-state index in [1.807, 2.05) is 31.2 Å². The van der Waals surface area contributed by atoms with Gasteiger partial charge in [0, 0.05) is 17.8 Å².